The first kappa shape index (κ1) is 17.6. The Balaban J connectivity index is 2.51. The molecular formula is C16H16NO6S-. The lowest BCUT2D eigenvalue weighted by atomic mass is 10.1. The van der Waals surface area contributed by atoms with Crippen LogP contribution in [0, 0.1) is 6.92 Å². The lowest BCUT2D eigenvalue weighted by Crippen LogP contribution is -2.25. The Bertz CT molecular complexity index is 859. The first-order chi connectivity index (χ1) is 11.3. The number of carboxylic acid groups (broad SMARTS) is 1. The van der Waals surface area contributed by atoms with Gasteiger partial charge in [-0.25, -0.2) is 8.42 Å². The molecule has 2 aromatic carbocycles. The molecule has 1 N–H and O–H groups in total. The van der Waals surface area contributed by atoms with E-state index in [4.69, 9.17) is 9.47 Å². The third-order valence-corrected chi connectivity index (χ3v) is 4.70. The molecule has 24 heavy (non-hydrogen) atoms. The number of carbonyl (C=O) groups excluding carboxylic acids is 1. The molecule has 0 amide bonds. The number of benzene rings is 2. The third kappa shape index (κ3) is 3.60. The predicted molar refractivity (Wildman–Crippen MR) is 85.9 cm³/mol. The van der Waals surface area contributed by atoms with Gasteiger partial charge in [-0.15, -0.1) is 0 Å². The average Bonchev–Trinajstić information content (AvgIpc) is 2.54. The maximum atomic E-state index is 12.4. The second-order valence-corrected chi connectivity index (χ2v) is 6.64. The van der Waals surface area contributed by atoms with E-state index in [0.717, 1.165) is 11.6 Å². The highest BCUT2D eigenvalue weighted by Crippen LogP contribution is 2.34. The van der Waals surface area contributed by atoms with Crippen molar-refractivity contribution in [2.24, 2.45) is 0 Å². The minimum Gasteiger partial charge on any atom is -0.545 e. The van der Waals surface area contributed by atoms with Gasteiger partial charge in [0.05, 0.1) is 30.8 Å². The molecule has 0 fully saturated rings. The minimum atomic E-state index is -3.97. The lowest BCUT2D eigenvalue weighted by Gasteiger charge is -2.17. The van der Waals surface area contributed by atoms with Crippen molar-refractivity contribution in [1.29, 1.82) is 0 Å². The first-order valence-corrected chi connectivity index (χ1v) is 8.33. The molecule has 128 valence electrons. The maximum absolute atomic E-state index is 12.4. The van der Waals surface area contributed by atoms with E-state index >= 15 is 0 Å². The summed E-state index contributed by atoms with van der Waals surface area (Å²) >= 11 is 0. The van der Waals surface area contributed by atoms with Gasteiger partial charge in [0.2, 0.25) is 0 Å². The zero-order valence-electron chi connectivity index (χ0n) is 13.3. The van der Waals surface area contributed by atoms with Gasteiger partial charge in [-0.1, -0.05) is 17.7 Å². The van der Waals surface area contributed by atoms with Gasteiger partial charge >= 0.3 is 0 Å². The molecule has 0 aliphatic heterocycles. The number of rotatable bonds is 6. The Morgan fingerprint density at radius 2 is 1.58 bits per heavy atom. The number of ether oxygens (including phenoxy) is 2. The minimum absolute atomic E-state index is 0.00665. The molecule has 7 nitrogen and oxygen atoms in total. The van der Waals surface area contributed by atoms with E-state index in [1.54, 1.807) is 12.1 Å². The van der Waals surface area contributed by atoms with Crippen molar-refractivity contribution in [1.82, 2.24) is 0 Å². The SMILES string of the molecule is COc1cc(NS(=O)(=O)c2ccc(C)cc2)c(C(=O)[O-])cc1OC. The van der Waals surface area contributed by atoms with Crippen LogP contribution in [-0.2, 0) is 10.0 Å². The summed E-state index contributed by atoms with van der Waals surface area (Å²) < 4.78 is 37.2. The van der Waals surface area contributed by atoms with Crippen molar-refractivity contribution in [3.05, 3.63) is 47.5 Å². The summed E-state index contributed by atoms with van der Waals surface area (Å²) in [5.74, 6) is -1.21. The quantitative estimate of drug-likeness (QED) is 0.839. The van der Waals surface area contributed by atoms with Crippen molar-refractivity contribution < 1.29 is 27.8 Å². The largest absolute Gasteiger partial charge is 0.545 e. The van der Waals surface area contributed by atoms with Crippen LogP contribution in [0.3, 0.4) is 0 Å². The molecule has 2 aromatic rings. The Labute approximate surface area is 139 Å². The summed E-state index contributed by atoms with van der Waals surface area (Å²) in [6.07, 6.45) is 0. The normalized spacial score (nSPS) is 11.0. The topological polar surface area (TPSA) is 105 Å². The smallest absolute Gasteiger partial charge is 0.261 e. The summed E-state index contributed by atoms with van der Waals surface area (Å²) in [5.41, 5.74) is 0.368. The molecule has 0 spiro atoms. The van der Waals surface area contributed by atoms with E-state index in [1.165, 1.54) is 32.4 Å². The summed E-state index contributed by atoms with van der Waals surface area (Å²) in [6.45, 7) is 1.83. The fourth-order valence-electron chi connectivity index (χ4n) is 2.05. The molecule has 0 saturated heterocycles. The van der Waals surface area contributed by atoms with E-state index < -0.39 is 16.0 Å². The number of sulfonamides is 1. The fourth-order valence-corrected chi connectivity index (χ4v) is 3.12. The van der Waals surface area contributed by atoms with Crippen LogP contribution in [0.5, 0.6) is 11.5 Å². The first-order valence-electron chi connectivity index (χ1n) is 6.85. The van der Waals surface area contributed by atoms with Crippen molar-refractivity contribution >= 4 is 21.7 Å². The fraction of sp³-hybridized carbons (Fsp3) is 0.188. The van der Waals surface area contributed by atoms with Crippen LogP contribution < -0.4 is 19.3 Å². The average molecular weight is 350 g/mol. The van der Waals surface area contributed by atoms with E-state index in [2.05, 4.69) is 4.72 Å². The van der Waals surface area contributed by atoms with Gasteiger partial charge in [0.1, 0.15) is 0 Å². The number of carboxylic acids is 1. The van der Waals surface area contributed by atoms with E-state index in [1.807, 2.05) is 6.92 Å². The highest BCUT2D eigenvalue weighted by Gasteiger charge is 2.19. The highest BCUT2D eigenvalue weighted by molar-refractivity contribution is 7.92. The van der Waals surface area contributed by atoms with Crippen molar-refractivity contribution in [3.63, 3.8) is 0 Å². The number of hydrogen-bond acceptors (Lipinski definition) is 6. The molecule has 0 aliphatic carbocycles. The van der Waals surface area contributed by atoms with Gasteiger partial charge in [-0.05, 0) is 25.1 Å². The number of aryl methyl sites for hydroxylation is 1. The van der Waals surface area contributed by atoms with E-state index in [0.29, 0.717) is 0 Å². The number of methoxy groups -OCH3 is 2. The van der Waals surface area contributed by atoms with Crippen molar-refractivity contribution in [2.75, 3.05) is 18.9 Å². The number of hydrogen-bond donors (Lipinski definition) is 1. The van der Waals surface area contributed by atoms with Gasteiger partial charge in [0.15, 0.2) is 11.5 Å². The van der Waals surface area contributed by atoms with Crippen LogP contribution in [0.4, 0.5) is 5.69 Å². The van der Waals surface area contributed by atoms with Crippen molar-refractivity contribution in [2.45, 2.75) is 11.8 Å². The van der Waals surface area contributed by atoms with Crippen LogP contribution in [0.15, 0.2) is 41.3 Å². The van der Waals surface area contributed by atoms with Gasteiger partial charge in [-0.2, -0.15) is 0 Å². The number of nitrogens with one attached hydrogen (secondary N) is 1. The van der Waals surface area contributed by atoms with E-state index in [-0.39, 0.29) is 27.6 Å². The molecule has 2 rings (SSSR count). The number of carbonyl (C=O) groups is 1. The molecule has 0 aromatic heterocycles. The lowest BCUT2D eigenvalue weighted by molar-refractivity contribution is -0.254. The van der Waals surface area contributed by atoms with Crippen LogP contribution in [0.1, 0.15) is 15.9 Å². The van der Waals surface area contributed by atoms with Gasteiger partial charge in [0, 0.05) is 11.6 Å². The Morgan fingerprint density at radius 3 is 2.08 bits per heavy atom. The van der Waals surface area contributed by atoms with Crippen LogP contribution >= 0.6 is 0 Å². The van der Waals surface area contributed by atoms with Crippen LogP contribution in [0.2, 0.25) is 0 Å². The second kappa shape index (κ2) is 6.79. The molecular weight excluding hydrogens is 334 g/mol. The van der Waals surface area contributed by atoms with Gasteiger partial charge < -0.3 is 19.4 Å². The van der Waals surface area contributed by atoms with Crippen LogP contribution in [0.25, 0.3) is 0 Å². The molecule has 0 bridgehead atoms. The van der Waals surface area contributed by atoms with Crippen molar-refractivity contribution in [3.8, 4) is 11.5 Å². The Hall–Kier alpha value is -2.74. The van der Waals surface area contributed by atoms with Crippen LogP contribution in [-0.4, -0.2) is 28.6 Å². The van der Waals surface area contributed by atoms with Gasteiger partial charge in [-0.3, -0.25) is 4.72 Å². The molecule has 8 heteroatoms. The third-order valence-electron chi connectivity index (χ3n) is 3.32. The Morgan fingerprint density at radius 1 is 1.04 bits per heavy atom. The predicted octanol–water partition coefficient (Wildman–Crippen LogP) is 1.18. The summed E-state index contributed by atoms with van der Waals surface area (Å²) in [6, 6.07) is 8.51. The maximum Gasteiger partial charge on any atom is 0.261 e. The zero-order chi connectivity index (χ0) is 17.9. The molecule has 0 heterocycles. The standard InChI is InChI=1S/C16H17NO6S/c1-10-4-6-11(7-5-10)24(20,21)17-13-9-15(23-3)14(22-2)8-12(13)16(18)19/h4-9,17H,1-3H3,(H,18,19)/p-1. The summed E-state index contributed by atoms with van der Waals surface area (Å²) in [4.78, 5) is 11.3. The molecule has 0 aliphatic rings. The summed E-state index contributed by atoms with van der Waals surface area (Å²) in [5, 5.41) is 11.3. The monoisotopic (exact) mass is 350 g/mol. The molecule has 0 radical (unpaired) electrons. The van der Waals surface area contributed by atoms with E-state index in [9.17, 15) is 18.3 Å². The van der Waals surface area contributed by atoms with Gasteiger partial charge in [0.25, 0.3) is 10.0 Å². The Kier molecular flexibility index (Phi) is 4.99. The molecule has 0 saturated carbocycles. The molecule has 0 atom stereocenters. The number of anilines is 1. The number of aromatic carboxylic acids is 1. The zero-order valence-corrected chi connectivity index (χ0v) is 14.1. The second-order valence-electron chi connectivity index (χ2n) is 4.96. The highest BCUT2D eigenvalue weighted by atomic mass is 32.2. The summed E-state index contributed by atoms with van der Waals surface area (Å²) in [7, 11) is -1.27. The molecule has 0 unspecified atom stereocenters.